The Bertz CT molecular complexity index is 3180. The Morgan fingerprint density at radius 3 is 1.52 bits per heavy atom. The molecule has 0 saturated heterocycles. The third-order valence-electron chi connectivity index (χ3n) is 10.9. The van der Waals surface area contributed by atoms with Gasteiger partial charge in [0.25, 0.3) is 0 Å². The number of aromatic nitrogens is 1. The number of furan rings is 1. The summed E-state index contributed by atoms with van der Waals surface area (Å²) in [5.41, 5.74) is 11.8. The summed E-state index contributed by atoms with van der Waals surface area (Å²) in [5, 5.41) is 7.09. The lowest BCUT2D eigenvalue weighted by Gasteiger charge is -2.28. The van der Waals surface area contributed by atoms with Crippen LogP contribution in [0.5, 0.6) is 0 Å². The molecular weight excluding hydrogens is 683 g/mol. The van der Waals surface area contributed by atoms with Gasteiger partial charge in [-0.25, -0.2) is 0 Å². The smallest absolute Gasteiger partial charge is 0.136 e. The molecule has 0 spiro atoms. The molecule has 0 bridgehead atoms. The van der Waals surface area contributed by atoms with E-state index in [9.17, 15) is 0 Å². The zero-order valence-electron chi connectivity index (χ0n) is 30.5. The molecule has 0 atom stereocenters. The standard InChI is InChI=1S/C52H35N3O/c1-4-14-37(15-5-1)53(42-26-24-36-25-33-51-52(47(36)34-42)46-21-11-13-23-50(46)56-51)40-27-29-41(30-28-40)54(38-16-6-2-7-17-38)43-31-32-45-44-20-10-12-22-48(44)55(49(45)35-43)39-18-8-3-9-19-39/h1-35H. The van der Waals surface area contributed by atoms with Gasteiger partial charge >= 0.3 is 0 Å². The van der Waals surface area contributed by atoms with Crippen LogP contribution in [0, 0.1) is 0 Å². The van der Waals surface area contributed by atoms with E-state index in [0.717, 1.165) is 61.8 Å². The Kier molecular flexibility index (Phi) is 7.46. The average Bonchev–Trinajstić information content (AvgIpc) is 3.81. The summed E-state index contributed by atoms with van der Waals surface area (Å²) >= 11 is 0. The largest absolute Gasteiger partial charge is 0.456 e. The predicted molar refractivity (Wildman–Crippen MR) is 235 cm³/mol. The second-order valence-electron chi connectivity index (χ2n) is 14.2. The lowest BCUT2D eigenvalue weighted by Crippen LogP contribution is -2.12. The van der Waals surface area contributed by atoms with Gasteiger partial charge in [0.05, 0.1) is 11.0 Å². The van der Waals surface area contributed by atoms with Gasteiger partial charge in [-0.1, -0.05) is 109 Å². The predicted octanol–water partition coefficient (Wildman–Crippen LogP) is 14.8. The van der Waals surface area contributed by atoms with Crippen molar-refractivity contribution < 1.29 is 4.42 Å². The number of fused-ring (bicyclic) bond motifs is 8. The first kappa shape index (κ1) is 31.9. The van der Waals surface area contributed by atoms with Crippen LogP contribution < -0.4 is 9.80 Å². The highest BCUT2D eigenvalue weighted by molar-refractivity contribution is 6.19. The lowest BCUT2D eigenvalue weighted by molar-refractivity contribution is 0.669. The van der Waals surface area contributed by atoms with Crippen molar-refractivity contribution in [1.82, 2.24) is 4.57 Å². The zero-order valence-corrected chi connectivity index (χ0v) is 30.5. The molecule has 0 aliphatic heterocycles. The van der Waals surface area contributed by atoms with Crippen LogP contribution in [0.15, 0.2) is 217 Å². The van der Waals surface area contributed by atoms with Crippen molar-refractivity contribution in [3.8, 4) is 5.69 Å². The van der Waals surface area contributed by atoms with E-state index >= 15 is 0 Å². The van der Waals surface area contributed by atoms with Crippen LogP contribution in [0.3, 0.4) is 0 Å². The quantitative estimate of drug-likeness (QED) is 0.164. The van der Waals surface area contributed by atoms with Crippen molar-refractivity contribution in [1.29, 1.82) is 0 Å². The molecule has 0 unspecified atom stereocenters. The molecule has 0 fully saturated rings. The summed E-state index contributed by atoms with van der Waals surface area (Å²) in [4.78, 5) is 4.68. The van der Waals surface area contributed by atoms with Gasteiger partial charge in [-0.2, -0.15) is 0 Å². The maximum atomic E-state index is 6.29. The first-order valence-corrected chi connectivity index (χ1v) is 19.0. The molecular formula is C52H35N3O. The second-order valence-corrected chi connectivity index (χ2v) is 14.2. The van der Waals surface area contributed by atoms with Crippen molar-refractivity contribution in [3.63, 3.8) is 0 Å². The fourth-order valence-electron chi connectivity index (χ4n) is 8.42. The molecule has 4 nitrogen and oxygen atoms in total. The van der Waals surface area contributed by atoms with Gasteiger partial charge in [0.1, 0.15) is 11.2 Å². The van der Waals surface area contributed by atoms with Crippen molar-refractivity contribution in [2.45, 2.75) is 0 Å². The van der Waals surface area contributed by atoms with Crippen LogP contribution >= 0.6 is 0 Å². The van der Waals surface area contributed by atoms with Crippen molar-refractivity contribution >= 4 is 88.6 Å². The minimum atomic E-state index is 0.898. The molecule has 0 amide bonds. The van der Waals surface area contributed by atoms with Gasteiger partial charge in [0.2, 0.25) is 0 Å². The molecule has 0 radical (unpaired) electrons. The summed E-state index contributed by atoms with van der Waals surface area (Å²) < 4.78 is 8.66. The molecule has 0 saturated carbocycles. The molecule has 0 aliphatic rings. The number of nitrogens with zero attached hydrogens (tertiary/aromatic N) is 3. The third kappa shape index (κ3) is 5.23. The summed E-state index contributed by atoms with van der Waals surface area (Å²) in [6.45, 7) is 0. The second kappa shape index (κ2) is 13.1. The number of rotatable bonds is 7. The van der Waals surface area contributed by atoms with E-state index in [2.05, 4.69) is 215 Å². The number of anilines is 6. The number of benzene rings is 9. The fraction of sp³-hybridized carbons (Fsp3) is 0. The maximum absolute atomic E-state index is 6.29. The Balaban J connectivity index is 1.06. The van der Waals surface area contributed by atoms with Crippen LogP contribution in [0.4, 0.5) is 34.1 Å². The first-order chi connectivity index (χ1) is 27.8. The van der Waals surface area contributed by atoms with E-state index in [-0.39, 0.29) is 0 Å². The fourth-order valence-corrected chi connectivity index (χ4v) is 8.42. The summed E-state index contributed by atoms with van der Waals surface area (Å²) in [6, 6.07) is 75.6. The Morgan fingerprint density at radius 1 is 0.321 bits per heavy atom. The topological polar surface area (TPSA) is 24.6 Å². The van der Waals surface area contributed by atoms with E-state index in [0.29, 0.717) is 0 Å². The van der Waals surface area contributed by atoms with Crippen molar-refractivity contribution in [2.24, 2.45) is 0 Å². The van der Waals surface area contributed by atoms with Crippen LogP contribution in [-0.4, -0.2) is 4.57 Å². The Morgan fingerprint density at radius 2 is 0.821 bits per heavy atom. The zero-order chi connectivity index (χ0) is 37.0. The molecule has 9 aromatic carbocycles. The normalized spacial score (nSPS) is 11.6. The highest BCUT2D eigenvalue weighted by atomic mass is 16.3. The SMILES string of the molecule is c1ccc(N(c2ccc(N(c3ccccc3)c3ccc4c5ccccc5n(-c5ccccc5)c4c3)cc2)c2ccc3ccc4oc5ccccc5c4c3c2)cc1. The Hall–Kier alpha value is -7.56. The highest BCUT2D eigenvalue weighted by Crippen LogP contribution is 2.43. The summed E-state index contributed by atoms with van der Waals surface area (Å²) in [6.07, 6.45) is 0. The van der Waals surface area contributed by atoms with Gasteiger partial charge in [-0.3, -0.25) is 0 Å². The molecule has 2 heterocycles. The Labute approximate surface area is 324 Å². The van der Waals surface area contributed by atoms with E-state index < -0.39 is 0 Å². The molecule has 2 aromatic heterocycles. The van der Waals surface area contributed by atoms with Gasteiger partial charge < -0.3 is 18.8 Å². The molecule has 0 aliphatic carbocycles. The van der Waals surface area contributed by atoms with Crippen molar-refractivity contribution in [2.75, 3.05) is 9.80 Å². The van der Waals surface area contributed by atoms with E-state index in [1.54, 1.807) is 0 Å². The number of hydrogen-bond acceptors (Lipinski definition) is 3. The molecule has 0 N–H and O–H groups in total. The van der Waals surface area contributed by atoms with Crippen LogP contribution in [0.25, 0.3) is 60.2 Å². The summed E-state index contributed by atoms with van der Waals surface area (Å²) in [7, 11) is 0. The lowest BCUT2D eigenvalue weighted by atomic mass is 10.0. The molecule has 11 aromatic rings. The van der Waals surface area contributed by atoms with E-state index in [4.69, 9.17) is 4.42 Å². The van der Waals surface area contributed by atoms with E-state index in [1.807, 2.05) is 12.1 Å². The summed E-state index contributed by atoms with van der Waals surface area (Å²) in [5.74, 6) is 0. The van der Waals surface area contributed by atoms with Crippen LogP contribution in [0.1, 0.15) is 0 Å². The first-order valence-electron chi connectivity index (χ1n) is 19.0. The van der Waals surface area contributed by atoms with Crippen LogP contribution in [0.2, 0.25) is 0 Å². The number of para-hydroxylation sites is 5. The average molecular weight is 718 g/mol. The maximum Gasteiger partial charge on any atom is 0.136 e. The molecule has 4 heteroatoms. The van der Waals surface area contributed by atoms with Crippen molar-refractivity contribution in [3.05, 3.63) is 212 Å². The molecule has 11 rings (SSSR count). The van der Waals surface area contributed by atoms with E-state index in [1.165, 1.54) is 32.6 Å². The minimum Gasteiger partial charge on any atom is -0.456 e. The van der Waals surface area contributed by atoms with Gasteiger partial charge in [0.15, 0.2) is 0 Å². The van der Waals surface area contributed by atoms with Crippen LogP contribution in [-0.2, 0) is 0 Å². The minimum absolute atomic E-state index is 0.898. The monoisotopic (exact) mass is 717 g/mol. The number of hydrogen-bond donors (Lipinski definition) is 0. The highest BCUT2D eigenvalue weighted by Gasteiger charge is 2.20. The van der Waals surface area contributed by atoms with Gasteiger partial charge in [0, 0.05) is 61.4 Å². The third-order valence-corrected chi connectivity index (χ3v) is 10.9. The van der Waals surface area contributed by atoms with Gasteiger partial charge in [-0.15, -0.1) is 0 Å². The molecule has 56 heavy (non-hydrogen) atoms. The molecule has 264 valence electrons. The van der Waals surface area contributed by atoms with Gasteiger partial charge in [-0.05, 0) is 114 Å².